The average molecular weight is 539 g/mol. The Balaban J connectivity index is 1.58. The lowest BCUT2D eigenvalue weighted by Gasteiger charge is -2.19. The van der Waals surface area contributed by atoms with Crippen molar-refractivity contribution in [2.24, 2.45) is 0 Å². The van der Waals surface area contributed by atoms with E-state index in [1.165, 1.54) is 23.1 Å². The Morgan fingerprint density at radius 1 is 0.415 bits per heavy atom. The van der Waals surface area contributed by atoms with Crippen molar-refractivity contribution in [3.8, 4) is 33.4 Å². The van der Waals surface area contributed by atoms with Crippen LogP contribution in [0, 0.1) is 6.92 Å². The number of hydrogen-bond donors (Lipinski definition) is 0. The molecule has 0 spiro atoms. The Bertz CT molecular complexity index is 2080. The summed E-state index contributed by atoms with van der Waals surface area (Å²) < 4.78 is 40.7. The van der Waals surface area contributed by atoms with Crippen LogP contribution >= 0.6 is 0 Å². The van der Waals surface area contributed by atoms with Crippen molar-refractivity contribution in [1.82, 2.24) is 0 Å². The van der Waals surface area contributed by atoms with Gasteiger partial charge >= 0.3 is 6.18 Å². The van der Waals surface area contributed by atoms with Gasteiger partial charge in [0, 0.05) is 0 Å². The van der Waals surface area contributed by atoms with Crippen molar-refractivity contribution >= 4 is 32.3 Å². The Labute approximate surface area is 236 Å². The monoisotopic (exact) mass is 538 g/mol. The largest absolute Gasteiger partial charge is 0.416 e. The number of rotatable bonds is 3. The Kier molecular flexibility index (Phi) is 5.90. The van der Waals surface area contributed by atoms with Crippen molar-refractivity contribution in [3.63, 3.8) is 0 Å². The van der Waals surface area contributed by atoms with Gasteiger partial charge in [0.2, 0.25) is 0 Å². The molecule has 0 fully saturated rings. The first-order chi connectivity index (χ1) is 19.9. The fraction of sp³-hybridized carbons (Fsp3) is 0.0526. The highest BCUT2D eigenvalue weighted by Crippen LogP contribution is 2.45. The molecule has 7 aromatic carbocycles. The van der Waals surface area contributed by atoms with Gasteiger partial charge in [-0.1, -0.05) is 115 Å². The van der Waals surface area contributed by atoms with Crippen LogP contribution in [0.15, 0.2) is 133 Å². The summed E-state index contributed by atoms with van der Waals surface area (Å²) in [5.74, 6) is 0. The van der Waals surface area contributed by atoms with E-state index in [0.717, 1.165) is 60.8 Å². The summed E-state index contributed by atoms with van der Waals surface area (Å²) in [6, 6.07) is 43.4. The molecule has 0 unspecified atom stereocenters. The van der Waals surface area contributed by atoms with Gasteiger partial charge in [0.25, 0.3) is 0 Å². The summed E-state index contributed by atoms with van der Waals surface area (Å²) >= 11 is 0. The highest BCUT2D eigenvalue weighted by molar-refractivity contribution is 6.22. The summed E-state index contributed by atoms with van der Waals surface area (Å²) in [6.07, 6.45) is -4.40. The molecule has 198 valence electrons. The van der Waals surface area contributed by atoms with E-state index >= 15 is 0 Å². The zero-order valence-electron chi connectivity index (χ0n) is 22.3. The number of fused-ring (bicyclic) bond motifs is 3. The molecule has 0 saturated carbocycles. The van der Waals surface area contributed by atoms with E-state index in [4.69, 9.17) is 0 Å². The van der Waals surface area contributed by atoms with Crippen LogP contribution in [0.25, 0.3) is 65.7 Å². The highest BCUT2D eigenvalue weighted by Gasteiger charge is 2.30. The molecule has 0 aliphatic carbocycles. The van der Waals surface area contributed by atoms with Crippen LogP contribution < -0.4 is 0 Å². The van der Waals surface area contributed by atoms with Gasteiger partial charge in [0.1, 0.15) is 0 Å². The van der Waals surface area contributed by atoms with Crippen LogP contribution in [-0.4, -0.2) is 0 Å². The van der Waals surface area contributed by atoms with Crippen molar-refractivity contribution in [3.05, 3.63) is 145 Å². The molecule has 0 amide bonds. The third-order valence-corrected chi connectivity index (χ3v) is 7.93. The van der Waals surface area contributed by atoms with Crippen LogP contribution in [0.2, 0.25) is 0 Å². The van der Waals surface area contributed by atoms with Crippen LogP contribution in [0.4, 0.5) is 13.2 Å². The summed E-state index contributed by atoms with van der Waals surface area (Å²) in [7, 11) is 0. The molecule has 0 atom stereocenters. The van der Waals surface area contributed by atoms with E-state index in [9.17, 15) is 13.2 Å². The van der Waals surface area contributed by atoms with E-state index < -0.39 is 11.7 Å². The molecular weight excluding hydrogens is 513 g/mol. The fourth-order valence-corrected chi connectivity index (χ4v) is 5.92. The van der Waals surface area contributed by atoms with Crippen LogP contribution in [0.5, 0.6) is 0 Å². The molecule has 0 nitrogen and oxygen atoms in total. The molecular formula is C38H25F3. The minimum atomic E-state index is -4.40. The van der Waals surface area contributed by atoms with Gasteiger partial charge in [-0.15, -0.1) is 0 Å². The molecule has 0 saturated heterocycles. The number of alkyl halides is 3. The number of halogens is 3. The molecule has 0 radical (unpaired) electrons. The van der Waals surface area contributed by atoms with Gasteiger partial charge in [-0.2, -0.15) is 13.2 Å². The summed E-state index contributed by atoms with van der Waals surface area (Å²) in [6.45, 7) is 2.06. The number of hydrogen-bond acceptors (Lipinski definition) is 0. The van der Waals surface area contributed by atoms with E-state index in [-0.39, 0.29) is 0 Å². The highest BCUT2D eigenvalue weighted by atomic mass is 19.4. The predicted molar refractivity (Wildman–Crippen MR) is 165 cm³/mol. The van der Waals surface area contributed by atoms with E-state index in [1.54, 1.807) is 6.07 Å². The molecule has 41 heavy (non-hydrogen) atoms. The maximum absolute atomic E-state index is 13.6. The molecule has 0 aromatic heterocycles. The second-order valence-corrected chi connectivity index (χ2v) is 10.6. The third kappa shape index (κ3) is 4.44. The lowest BCUT2D eigenvalue weighted by molar-refractivity contribution is -0.137. The number of benzene rings is 7. The average Bonchev–Trinajstić information content (AvgIpc) is 2.99. The smallest absolute Gasteiger partial charge is 0.166 e. The third-order valence-electron chi connectivity index (χ3n) is 7.93. The Morgan fingerprint density at radius 2 is 1.00 bits per heavy atom. The first kappa shape index (κ1) is 25.1. The molecule has 0 N–H and O–H groups in total. The molecule has 0 heterocycles. The topological polar surface area (TPSA) is 0 Å². The van der Waals surface area contributed by atoms with Gasteiger partial charge < -0.3 is 0 Å². The van der Waals surface area contributed by atoms with Crippen LogP contribution in [-0.2, 0) is 6.18 Å². The van der Waals surface area contributed by atoms with Crippen molar-refractivity contribution in [1.29, 1.82) is 0 Å². The molecule has 0 aliphatic heterocycles. The Morgan fingerprint density at radius 3 is 1.73 bits per heavy atom. The predicted octanol–water partition coefficient (Wildman–Crippen LogP) is 11.5. The standard InChI is InChI=1S/C38H25F3/c1-24-13-15-26(16-14-24)36-32-11-4-5-12-33(32)37(30-18-17-25-7-2-3-8-27(25)21-30)34-20-19-29(23-35(34)36)28-9-6-10-31(22-28)38(39,40)41/h2-23H,1H3. The molecule has 0 aliphatic rings. The first-order valence-electron chi connectivity index (χ1n) is 13.6. The Hall–Kier alpha value is -4.89. The van der Waals surface area contributed by atoms with Crippen LogP contribution in [0.3, 0.4) is 0 Å². The van der Waals surface area contributed by atoms with Gasteiger partial charge in [0.15, 0.2) is 0 Å². The van der Waals surface area contributed by atoms with Gasteiger partial charge in [-0.25, -0.2) is 0 Å². The second-order valence-electron chi connectivity index (χ2n) is 10.6. The molecule has 0 bridgehead atoms. The summed E-state index contributed by atoms with van der Waals surface area (Å²) in [4.78, 5) is 0. The second kappa shape index (κ2) is 9.64. The van der Waals surface area contributed by atoms with Gasteiger partial charge in [0.05, 0.1) is 5.56 Å². The summed E-state index contributed by atoms with van der Waals surface area (Å²) in [5, 5.41) is 6.64. The molecule has 7 aromatic rings. The minimum absolute atomic E-state index is 0.539. The molecule has 3 heteroatoms. The lowest BCUT2D eigenvalue weighted by atomic mass is 9.84. The zero-order chi connectivity index (χ0) is 28.1. The van der Waals surface area contributed by atoms with E-state index in [2.05, 4.69) is 91.9 Å². The maximum Gasteiger partial charge on any atom is 0.416 e. The normalized spacial score (nSPS) is 11.9. The quantitative estimate of drug-likeness (QED) is 0.196. The van der Waals surface area contributed by atoms with Crippen molar-refractivity contribution in [2.75, 3.05) is 0 Å². The van der Waals surface area contributed by atoms with Gasteiger partial charge in [-0.05, 0) is 96.9 Å². The van der Waals surface area contributed by atoms with Crippen molar-refractivity contribution < 1.29 is 13.2 Å². The van der Waals surface area contributed by atoms with E-state index in [0.29, 0.717) is 5.56 Å². The van der Waals surface area contributed by atoms with Gasteiger partial charge in [-0.3, -0.25) is 0 Å². The fourth-order valence-electron chi connectivity index (χ4n) is 5.92. The zero-order valence-corrected chi connectivity index (χ0v) is 22.3. The number of aryl methyl sites for hydroxylation is 1. The first-order valence-corrected chi connectivity index (χ1v) is 13.6. The minimum Gasteiger partial charge on any atom is -0.166 e. The van der Waals surface area contributed by atoms with E-state index in [1.807, 2.05) is 24.3 Å². The molecule has 7 rings (SSSR count). The maximum atomic E-state index is 13.6. The SMILES string of the molecule is Cc1ccc(-c2c3ccccc3c(-c3ccc4ccccc4c3)c3ccc(-c4cccc(C(F)(F)F)c4)cc23)cc1. The van der Waals surface area contributed by atoms with Crippen LogP contribution in [0.1, 0.15) is 11.1 Å². The van der Waals surface area contributed by atoms with Crippen molar-refractivity contribution in [2.45, 2.75) is 13.1 Å². The summed E-state index contributed by atoms with van der Waals surface area (Å²) in [5.41, 5.74) is 6.18. The lowest BCUT2D eigenvalue weighted by Crippen LogP contribution is -2.04.